The van der Waals surface area contributed by atoms with Gasteiger partial charge in [-0.2, -0.15) is 0 Å². The molecule has 0 aromatic rings. The number of carboxylic acid groups (broad SMARTS) is 1. The topological polar surface area (TPSA) is 75.6 Å². The Bertz CT molecular complexity index is 458. The van der Waals surface area contributed by atoms with E-state index in [2.05, 4.69) is 5.32 Å². The molecule has 2 heterocycles. The molecule has 23 heavy (non-hydrogen) atoms. The smallest absolute Gasteiger partial charge is 0.308 e. The van der Waals surface area contributed by atoms with Crippen LogP contribution >= 0.6 is 0 Å². The van der Waals surface area contributed by atoms with Crippen LogP contribution in [0.4, 0.5) is 0 Å². The lowest BCUT2D eigenvalue weighted by Crippen LogP contribution is -2.62. The van der Waals surface area contributed by atoms with Crippen molar-refractivity contribution in [3.63, 3.8) is 0 Å². The van der Waals surface area contributed by atoms with Crippen molar-refractivity contribution < 1.29 is 19.4 Å². The Morgan fingerprint density at radius 1 is 1.22 bits per heavy atom. The minimum atomic E-state index is -0.841. The fourth-order valence-corrected chi connectivity index (χ4v) is 4.97. The van der Waals surface area contributed by atoms with Gasteiger partial charge in [-0.1, -0.05) is 20.8 Å². The molecule has 130 valence electrons. The van der Waals surface area contributed by atoms with Crippen LogP contribution in [0.25, 0.3) is 0 Å². The van der Waals surface area contributed by atoms with Gasteiger partial charge in [0.1, 0.15) is 5.60 Å². The standard InChI is InChI=1S/C18H29NO4/c1-17(2,3)9-13(15(20)21)10-19-16(22)18-7-11-4-12(8-18)6-14(5-11)23-18/h11-14H,4-10H2,1-3H3,(H,19,22)(H,20,21). The predicted molar refractivity (Wildman–Crippen MR) is 85.9 cm³/mol. The van der Waals surface area contributed by atoms with Crippen LogP contribution in [0.1, 0.15) is 59.3 Å². The summed E-state index contributed by atoms with van der Waals surface area (Å²) in [6.45, 7) is 6.25. The zero-order valence-electron chi connectivity index (χ0n) is 14.4. The number of carboxylic acids is 1. The van der Waals surface area contributed by atoms with Gasteiger partial charge in [0.25, 0.3) is 5.91 Å². The summed E-state index contributed by atoms with van der Waals surface area (Å²) in [6.07, 6.45) is 5.81. The van der Waals surface area contributed by atoms with E-state index >= 15 is 0 Å². The normalized spacial score (nSPS) is 36.7. The van der Waals surface area contributed by atoms with E-state index in [9.17, 15) is 14.7 Å². The first kappa shape index (κ1) is 16.7. The number of aliphatic carboxylic acids is 1. The fraction of sp³-hybridized carbons (Fsp3) is 0.889. The molecule has 1 amide bonds. The molecule has 3 unspecified atom stereocenters. The number of nitrogens with one attached hydrogen (secondary N) is 1. The number of amides is 1. The van der Waals surface area contributed by atoms with E-state index < -0.39 is 17.5 Å². The number of hydrogen-bond donors (Lipinski definition) is 2. The minimum Gasteiger partial charge on any atom is -0.481 e. The molecule has 2 aliphatic heterocycles. The zero-order chi connectivity index (χ0) is 16.8. The molecular weight excluding hydrogens is 294 g/mol. The summed E-state index contributed by atoms with van der Waals surface area (Å²) in [5, 5.41) is 12.3. The Morgan fingerprint density at radius 3 is 2.30 bits per heavy atom. The maximum Gasteiger partial charge on any atom is 0.308 e. The first-order valence-electron chi connectivity index (χ1n) is 8.86. The van der Waals surface area contributed by atoms with Crippen LogP contribution in [0.2, 0.25) is 0 Å². The summed E-state index contributed by atoms with van der Waals surface area (Å²) < 4.78 is 6.11. The van der Waals surface area contributed by atoms with Crippen LogP contribution in [0.5, 0.6) is 0 Å². The van der Waals surface area contributed by atoms with Crippen LogP contribution in [-0.4, -0.2) is 35.2 Å². The van der Waals surface area contributed by atoms with Gasteiger partial charge in [-0.3, -0.25) is 9.59 Å². The first-order chi connectivity index (χ1) is 10.7. The van der Waals surface area contributed by atoms with E-state index in [4.69, 9.17) is 4.74 Å². The molecule has 0 spiro atoms. The molecule has 4 bridgehead atoms. The Labute approximate surface area is 138 Å². The summed E-state index contributed by atoms with van der Waals surface area (Å²) in [6, 6.07) is 0. The van der Waals surface area contributed by atoms with E-state index in [1.165, 1.54) is 6.42 Å². The van der Waals surface area contributed by atoms with Crippen LogP contribution in [0, 0.1) is 23.2 Å². The highest BCUT2D eigenvalue weighted by molar-refractivity contribution is 5.86. The Kier molecular flexibility index (Phi) is 4.20. The Morgan fingerprint density at radius 2 is 1.83 bits per heavy atom. The lowest BCUT2D eigenvalue weighted by atomic mass is 9.62. The Hall–Kier alpha value is -1.10. The number of carbonyl (C=O) groups is 2. The molecule has 0 aromatic heterocycles. The van der Waals surface area contributed by atoms with Crippen molar-refractivity contribution in [3.05, 3.63) is 0 Å². The Balaban J connectivity index is 1.61. The van der Waals surface area contributed by atoms with Gasteiger partial charge in [-0.15, -0.1) is 0 Å². The SMILES string of the molecule is CC(C)(C)CC(CNC(=O)C12CC3CC(CC(C3)O1)C2)C(=O)O. The largest absolute Gasteiger partial charge is 0.481 e. The van der Waals surface area contributed by atoms with Gasteiger partial charge in [-0.25, -0.2) is 0 Å². The van der Waals surface area contributed by atoms with Crippen molar-refractivity contribution in [1.29, 1.82) is 0 Å². The molecular formula is C18H29NO4. The average Bonchev–Trinajstić information content (AvgIpc) is 2.40. The van der Waals surface area contributed by atoms with E-state index in [0.29, 0.717) is 18.3 Å². The van der Waals surface area contributed by atoms with E-state index in [0.717, 1.165) is 25.7 Å². The molecule has 0 radical (unpaired) electrons. The van der Waals surface area contributed by atoms with Crippen molar-refractivity contribution >= 4 is 11.9 Å². The molecule has 3 atom stereocenters. The van der Waals surface area contributed by atoms with Crippen LogP contribution < -0.4 is 5.32 Å². The first-order valence-corrected chi connectivity index (χ1v) is 8.86. The quantitative estimate of drug-likeness (QED) is 0.815. The number of ether oxygens (including phenoxy) is 1. The summed E-state index contributed by atoms with van der Waals surface area (Å²) in [5.74, 6) is -0.259. The molecule has 2 N–H and O–H groups in total. The third kappa shape index (κ3) is 3.54. The van der Waals surface area contributed by atoms with Gasteiger partial charge >= 0.3 is 5.97 Å². The van der Waals surface area contributed by atoms with E-state index in [1.807, 2.05) is 20.8 Å². The lowest BCUT2D eigenvalue weighted by Gasteiger charge is -2.55. The van der Waals surface area contributed by atoms with Gasteiger partial charge in [0.15, 0.2) is 0 Å². The van der Waals surface area contributed by atoms with E-state index in [1.54, 1.807) is 0 Å². The van der Waals surface area contributed by atoms with Gasteiger partial charge in [0.05, 0.1) is 12.0 Å². The van der Waals surface area contributed by atoms with Crippen molar-refractivity contribution in [1.82, 2.24) is 5.32 Å². The number of carbonyl (C=O) groups excluding carboxylic acids is 1. The molecule has 5 heteroatoms. The van der Waals surface area contributed by atoms with Crippen molar-refractivity contribution in [3.8, 4) is 0 Å². The summed E-state index contributed by atoms with van der Waals surface area (Å²) in [4.78, 5) is 24.2. The van der Waals surface area contributed by atoms with Gasteiger partial charge in [-0.05, 0) is 55.8 Å². The average molecular weight is 323 g/mol. The highest BCUT2D eigenvalue weighted by atomic mass is 16.5. The second kappa shape index (κ2) is 5.76. The summed E-state index contributed by atoms with van der Waals surface area (Å²) >= 11 is 0. The van der Waals surface area contributed by atoms with Gasteiger partial charge < -0.3 is 15.2 Å². The number of hydrogen-bond acceptors (Lipinski definition) is 3. The molecule has 2 saturated heterocycles. The van der Waals surface area contributed by atoms with Crippen molar-refractivity contribution in [2.45, 2.75) is 71.0 Å². The minimum absolute atomic E-state index is 0.0784. The van der Waals surface area contributed by atoms with Gasteiger partial charge in [0.2, 0.25) is 0 Å². The maximum atomic E-state index is 12.8. The summed E-state index contributed by atoms with van der Waals surface area (Å²) in [5.41, 5.74) is -0.759. The summed E-state index contributed by atoms with van der Waals surface area (Å²) in [7, 11) is 0. The monoisotopic (exact) mass is 323 g/mol. The lowest BCUT2D eigenvalue weighted by molar-refractivity contribution is -0.218. The predicted octanol–water partition coefficient (Wildman–Crippen LogP) is 2.59. The zero-order valence-corrected chi connectivity index (χ0v) is 14.4. The third-order valence-electron chi connectivity index (χ3n) is 5.62. The number of rotatable bonds is 5. The van der Waals surface area contributed by atoms with Gasteiger partial charge in [0, 0.05) is 6.54 Å². The molecule has 2 saturated carbocycles. The molecule has 0 aromatic carbocycles. The van der Waals surface area contributed by atoms with Crippen molar-refractivity contribution in [2.24, 2.45) is 23.2 Å². The second-order valence-corrected chi connectivity index (χ2v) is 9.09. The molecule has 4 fully saturated rings. The second-order valence-electron chi connectivity index (χ2n) is 9.09. The fourth-order valence-electron chi connectivity index (χ4n) is 4.97. The third-order valence-corrected chi connectivity index (χ3v) is 5.62. The highest BCUT2D eigenvalue weighted by Crippen LogP contribution is 2.53. The highest BCUT2D eigenvalue weighted by Gasteiger charge is 2.56. The molecule has 5 nitrogen and oxygen atoms in total. The van der Waals surface area contributed by atoms with Crippen LogP contribution in [0.3, 0.4) is 0 Å². The molecule has 4 rings (SSSR count). The van der Waals surface area contributed by atoms with Crippen molar-refractivity contribution in [2.75, 3.05) is 6.54 Å². The van der Waals surface area contributed by atoms with Crippen LogP contribution in [-0.2, 0) is 14.3 Å². The van der Waals surface area contributed by atoms with Crippen LogP contribution in [0.15, 0.2) is 0 Å². The molecule has 2 aliphatic carbocycles. The maximum absolute atomic E-state index is 12.8. The van der Waals surface area contributed by atoms with E-state index in [-0.39, 0.29) is 24.0 Å². The molecule has 4 aliphatic rings.